The van der Waals surface area contributed by atoms with Crippen molar-refractivity contribution in [2.45, 2.75) is 12.5 Å². The number of anilines is 1. The molecule has 7 nitrogen and oxygen atoms in total. The predicted octanol–water partition coefficient (Wildman–Crippen LogP) is 3.81. The second kappa shape index (κ2) is 9.53. The van der Waals surface area contributed by atoms with Gasteiger partial charge in [-0.25, -0.2) is 4.99 Å². The molecular formula is C23H29N7S. The van der Waals surface area contributed by atoms with Crippen LogP contribution in [0.2, 0.25) is 0 Å². The lowest BCUT2D eigenvalue weighted by Crippen LogP contribution is -2.41. The van der Waals surface area contributed by atoms with Crippen molar-refractivity contribution in [3.63, 3.8) is 0 Å². The summed E-state index contributed by atoms with van der Waals surface area (Å²) >= 11 is 5.43. The van der Waals surface area contributed by atoms with E-state index in [-0.39, 0.29) is 6.04 Å². The molecule has 0 spiro atoms. The summed E-state index contributed by atoms with van der Waals surface area (Å²) in [5.74, 6) is 0. The molecule has 2 heterocycles. The molecule has 4 rings (SSSR count). The highest BCUT2D eigenvalue weighted by Gasteiger charge is 2.22. The summed E-state index contributed by atoms with van der Waals surface area (Å²) in [5, 5.41) is 14.7. The van der Waals surface area contributed by atoms with Gasteiger partial charge in [0.15, 0.2) is 5.11 Å². The first-order chi connectivity index (χ1) is 15.0. The van der Waals surface area contributed by atoms with Crippen LogP contribution in [0.25, 0.3) is 0 Å². The van der Waals surface area contributed by atoms with Crippen molar-refractivity contribution in [2.75, 3.05) is 52.2 Å². The zero-order valence-corrected chi connectivity index (χ0v) is 19.1. The predicted molar refractivity (Wildman–Crippen MR) is 130 cm³/mol. The van der Waals surface area contributed by atoms with Gasteiger partial charge in [0.2, 0.25) is 0 Å². The van der Waals surface area contributed by atoms with Crippen molar-refractivity contribution in [3.05, 3.63) is 59.7 Å². The number of thiocarbonyl (C=S) groups is 1. The van der Waals surface area contributed by atoms with E-state index in [0.717, 1.165) is 49.6 Å². The number of aliphatic imine (C=N–C) groups is 1. The van der Waals surface area contributed by atoms with Crippen LogP contribution in [0.5, 0.6) is 0 Å². The van der Waals surface area contributed by atoms with Gasteiger partial charge in [0.25, 0.3) is 0 Å². The number of hydrogen-bond acceptors (Lipinski definition) is 5. The SMILES string of the molecule is CN1CCN(N=Nc2ccc(C3=NC(=S)NC(c4ccc(N(C)C)cc4)C3)cc2)CC1. The van der Waals surface area contributed by atoms with Gasteiger partial charge in [0.05, 0.1) is 30.5 Å². The standard InChI is InChI=1S/C23H29N7S/c1-28(2)20-10-6-18(7-11-20)22-16-21(24-23(31)25-22)17-4-8-19(9-5-17)26-27-30-14-12-29(3)13-15-30/h4-11,22H,12-16H2,1-3H3,(H,25,31). The van der Waals surface area contributed by atoms with Gasteiger partial charge in [0, 0.05) is 39.3 Å². The molecule has 1 unspecified atom stereocenters. The van der Waals surface area contributed by atoms with E-state index in [9.17, 15) is 0 Å². The van der Waals surface area contributed by atoms with Crippen LogP contribution < -0.4 is 10.2 Å². The Morgan fingerprint density at radius 2 is 1.68 bits per heavy atom. The van der Waals surface area contributed by atoms with Gasteiger partial charge in [-0.3, -0.25) is 5.01 Å². The first-order valence-corrected chi connectivity index (χ1v) is 11.0. The topological polar surface area (TPSA) is 58.8 Å². The van der Waals surface area contributed by atoms with Gasteiger partial charge in [0.1, 0.15) is 0 Å². The summed E-state index contributed by atoms with van der Waals surface area (Å²) in [4.78, 5) is 8.99. The van der Waals surface area contributed by atoms with Crippen LogP contribution in [0, 0.1) is 0 Å². The number of nitrogens with zero attached hydrogens (tertiary/aromatic N) is 6. The van der Waals surface area contributed by atoms with Gasteiger partial charge in [-0.1, -0.05) is 29.5 Å². The van der Waals surface area contributed by atoms with E-state index in [2.05, 4.69) is 73.9 Å². The van der Waals surface area contributed by atoms with Crippen molar-refractivity contribution in [3.8, 4) is 0 Å². The zero-order valence-electron chi connectivity index (χ0n) is 18.3. The summed E-state index contributed by atoms with van der Waals surface area (Å²) in [6, 6.07) is 16.8. The number of benzene rings is 2. The fourth-order valence-electron chi connectivity index (χ4n) is 3.70. The molecule has 1 atom stereocenters. The lowest BCUT2D eigenvalue weighted by molar-refractivity contribution is 0.150. The largest absolute Gasteiger partial charge is 0.378 e. The average Bonchev–Trinajstić information content (AvgIpc) is 2.79. The Morgan fingerprint density at radius 3 is 2.32 bits per heavy atom. The number of piperazine rings is 1. The molecule has 1 saturated heterocycles. The minimum atomic E-state index is 0.118. The number of hydrogen-bond donors (Lipinski definition) is 1. The summed E-state index contributed by atoms with van der Waals surface area (Å²) in [7, 11) is 6.22. The van der Waals surface area contributed by atoms with E-state index in [4.69, 9.17) is 12.2 Å². The lowest BCUT2D eigenvalue weighted by Gasteiger charge is -2.29. The highest BCUT2D eigenvalue weighted by atomic mass is 32.1. The minimum absolute atomic E-state index is 0.118. The molecular weight excluding hydrogens is 406 g/mol. The monoisotopic (exact) mass is 435 g/mol. The van der Waals surface area contributed by atoms with Gasteiger partial charge < -0.3 is 15.1 Å². The van der Waals surface area contributed by atoms with E-state index in [0.29, 0.717) is 5.11 Å². The van der Waals surface area contributed by atoms with Crippen LogP contribution in [0.4, 0.5) is 11.4 Å². The minimum Gasteiger partial charge on any atom is -0.378 e. The number of likely N-dealkylation sites (N-methyl/N-ethyl adjacent to an activating group) is 1. The smallest absolute Gasteiger partial charge is 0.193 e. The molecule has 2 aliphatic rings. The summed E-state index contributed by atoms with van der Waals surface area (Å²) in [5.41, 5.74) is 5.29. The van der Waals surface area contributed by atoms with Gasteiger partial charge >= 0.3 is 0 Å². The van der Waals surface area contributed by atoms with Crippen LogP contribution in [-0.4, -0.2) is 68.1 Å². The van der Waals surface area contributed by atoms with E-state index >= 15 is 0 Å². The molecule has 1 fully saturated rings. The zero-order chi connectivity index (χ0) is 21.8. The van der Waals surface area contributed by atoms with E-state index in [1.54, 1.807) is 0 Å². The first-order valence-electron chi connectivity index (χ1n) is 10.6. The van der Waals surface area contributed by atoms with Crippen LogP contribution in [0.3, 0.4) is 0 Å². The van der Waals surface area contributed by atoms with Crippen molar-refractivity contribution >= 4 is 34.4 Å². The lowest BCUT2D eigenvalue weighted by atomic mass is 9.96. The highest BCUT2D eigenvalue weighted by Crippen LogP contribution is 2.26. The van der Waals surface area contributed by atoms with Crippen LogP contribution in [0.1, 0.15) is 23.6 Å². The third-order valence-corrected chi connectivity index (χ3v) is 5.92. The maximum atomic E-state index is 5.43. The highest BCUT2D eigenvalue weighted by molar-refractivity contribution is 7.80. The Hall–Kier alpha value is -2.84. The Labute approximate surface area is 189 Å². The van der Waals surface area contributed by atoms with Crippen LogP contribution in [-0.2, 0) is 0 Å². The summed E-state index contributed by atoms with van der Waals surface area (Å²) in [6.07, 6.45) is 0.781. The van der Waals surface area contributed by atoms with E-state index < -0.39 is 0 Å². The Balaban J connectivity index is 1.43. The van der Waals surface area contributed by atoms with E-state index in [1.165, 1.54) is 11.3 Å². The Kier molecular flexibility index (Phi) is 6.58. The first kappa shape index (κ1) is 21.4. The molecule has 31 heavy (non-hydrogen) atoms. The molecule has 0 saturated carbocycles. The second-order valence-electron chi connectivity index (χ2n) is 8.24. The molecule has 2 aromatic rings. The van der Waals surface area contributed by atoms with Crippen molar-refractivity contribution in [2.24, 2.45) is 15.3 Å². The molecule has 162 valence electrons. The van der Waals surface area contributed by atoms with E-state index in [1.807, 2.05) is 31.2 Å². The van der Waals surface area contributed by atoms with Gasteiger partial charge in [-0.05, 0) is 54.7 Å². The molecule has 0 aromatic heterocycles. The van der Waals surface area contributed by atoms with Gasteiger partial charge in [-0.15, -0.1) is 5.11 Å². The maximum absolute atomic E-state index is 5.43. The number of nitrogens with one attached hydrogen (secondary N) is 1. The van der Waals surface area contributed by atoms with Crippen molar-refractivity contribution < 1.29 is 0 Å². The molecule has 0 aliphatic carbocycles. The fourth-order valence-corrected chi connectivity index (χ4v) is 3.96. The average molecular weight is 436 g/mol. The van der Waals surface area contributed by atoms with Crippen LogP contribution >= 0.6 is 12.2 Å². The second-order valence-corrected chi connectivity index (χ2v) is 8.63. The summed E-state index contributed by atoms with van der Waals surface area (Å²) < 4.78 is 0. The van der Waals surface area contributed by atoms with Crippen molar-refractivity contribution in [1.29, 1.82) is 0 Å². The molecule has 0 radical (unpaired) electrons. The Morgan fingerprint density at radius 1 is 1.00 bits per heavy atom. The molecule has 2 aromatic carbocycles. The Bertz CT molecular complexity index is 958. The quantitative estimate of drug-likeness (QED) is 0.572. The third-order valence-electron chi connectivity index (χ3n) is 5.71. The molecule has 1 N–H and O–H groups in total. The fraction of sp³-hybridized carbons (Fsp3) is 0.391. The molecule has 8 heteroatoms. The molecule has 0 amide bonds. The molecule has 0 bridgehead atoms. The normalized spacial score (nSPS) is 20.0. The molecule has 2 aliphatic heterocycles. The number of rotatable bonds is 5. The van der Waals surface area contributed by atoms with Crippen LogP contribution in [0.15, 0.2) is 63.9 Å². The summed E-state index contributed by atoms with van der Waals surface area (Å²) in [6.45, 7) is 3.86. The van der Waals surface area contributed by atoms with Crippen molar-refractivity contribution in [1.82, 2.24) is 15.2 Å². The third kappa shape index (κ3) is 5.45. The van der Waals surface area contributed by atoms with Gasteiger partial charge in [-0.2, -0.15) is 0 Å². The maximum Gasteiger partial charge on any atom is 0.193 e.